The summed E-state index contributed by atoms with van der Waals surface area (Å²) >= 11 is 0. The van der Waals surface area contributed by atoms with Gasteiger partial charge in [0.1, 0.15) is 22.1 Å². The number of benzene rings is 1. The lowest BCUT2D eigenvalue weighted by atomic mass is 10.1. The molecule has 150 valence electrons. The molecular formula is C18H23N5O4S. The average Bonchev–Trinajstić information content (AvgIpc) is 3.31. The van der Waals surface area contributed by atoms with Crippen molar-refractivity contribution in [3.63, 3.8) is 0 Å². The number of rotatable bonds is 7. The summed E-state index contributed by atoms with van der Waals surface area (Å²) in [6.45, 7) is 2.88. The van der Waals surface area contributed by atoms with Gasteiger partial charge in [0, 0.05) is 25.5 Å². The van der Waals surface area contributed by atoms with Crippen molar-refractivity contribution in [2.45, 2.75) is 12.6 Å². The number of anilines is 1. The van der Waals surface area contributed by atoms with Crippen LogP contribution in [0.3, 0.4) is 0 Å². The van der Waals surface area contributed by atoms with Gasteiger partial charge in [-0.3, -0.25) is 9.40 Å². The lowest BCUT2D eigenvalue weighted by molar-refractivity contribution is -0.00636. The van der Waals surface area contributed by atoms with E-state index in [0.29, 0.717) is 41.4 Å². The van der Waals surface area contributed by atoms with E-state index in [1.807, 2.05) is 36.1 Å². The van der Waals surface area contributed by atoms with Crippen molar-refractivity contribution < 1.29 is 18.2 Å². The maximum absolute atomic E-state index is 12.6. The Bertz CT molecular complexity index is 958. The molecule has 3 heterocycles. The molecule has 0 spiro atoms. The molecule has 2 unspecified atom stereocenters. The van der Waals surface area contributed by atoms with Crippen LogP contribution in [0.15, 0.2) is 35.1 Å². The molecule has 1 saturated heterocycles. The van der Waals surface area contributed by atoms with Crippen molar-refractivity contribution in [2.75, 3.05) is 44.3 Å². The number of morpholine rings is 1. The smallest absolute Gasteiger partial charge is 0.192 e. The van der Waals surface area contributed by atoms with E-state index >= 15 is 0 Å². The number of methoxy groups -OCH3 is 1. The third-order valence-corrected chi connectivity index (χ3v) is 5.71. The van der Waals surface area contributed by atoms with Gasteiger partial charge >= 0.3 is 0 Å². The maximum atomic E-state index is 12.6. The van der Waals surface area contributed by atoms with Crippen molar-refractivity contribution in [1.82, 2.24) is 19.8 Å². The Balaban J connectivity index is 1.52. The number of ether oxygens (including phenoxy) is 2. The van der Waals surface area contributed by atoms with Crippen LogP contribution in [0, 0.1) is 0 Å². The Morgan fingerprint density at radius 1 is 1.43 bits per heavy atom. The van der Waals surface area contributed by atoms with Gasteiger partial charge in [-0.15, -0.1) is 0 Å². The van der Waals surface area contributed by atoms with Crippen LogP contribution in [-0.4, -0.2) is 69.8 Å². The summed E-state index contributed by atoms with van der Waals surface area (Å²) in [5.41, 5.74) is 1.53. The Morgan fingerprint density at radius 3 is 3.07 bits per heavy atom. The minimum Gasteiger partial charge on any atom is -0.496 e. The standard InChI is InChI=1S/C18H23N5O4S/c1-22-6-7-26-14(11-22)12-28(24)21-18-17-15(25-2)8-13(9-16(17)27-20-18)10-23-5-3-4-19-23/h3-5,8-9,14H,6-7,10-12H2,1-2H3,(H,20,21). The second kappa shape index (κ2) is 8.29. The summed E-state index contributed by atoms with van der Waals surface area (Å²) in [7, 11) is 2.27. The van der Waals surface area contributed by atoms with E-state index in [1.54, 1.807) is 13.3 Å². The topological polar surface area (TPSA) is 94.7 Å². The zero-order chi connectivity index (χ0) is 19.5. The molecule has 2 atom stereocenters. The first kappa shape index (κ1) is 18.9. The van der Waals surface area contributed by atoms with Crippen molar-refractivity contribution >= 4 is 27.8 Å². The van der Waals surface area contributed by atoms with E-state index in [2.05, 4.69) is 19.9 Å². The summed E-state index contributed by atoms with van der Waals surface area (Å²) in [5.74, 6) is 1.38. The minimum absolute atomic E-state index is 0.0761. The molecular weight excluding hydrogens is 382 g/mol. The second-order valence-corrected chi connectivity index (χ2v) is 8.00. The highest BCUT2D eigenvalue weighted by Crippen LogP contribution is 2.34. The molecule has 0 aliphatic carbocycles. The zero-order valence-corrected chi connectivity index (χ0v) is 16.6. The SMILES string of the molecule is COc1cc(Cn2cccn2)cc2onc(NS(=O)CC3CN(C)CCO3)c12. The Hall–Kier alpha value is -2.43. The Morgan fingerprint density at radius 2 is 2.32 bits per heavy atom. The number of likely N-dealkylation sites (N-methyl/N-ethyl adjacent to an activating group) is 1. The molecule has 28 heavy (non-hydrogen) atoms. The normalized spacial score (nSPS) is 19.0. The van der Waals surface area contributed by atoms with Crippen LogP contribution >= 0.6 is 0 Å². The first-order chi connectivity index (χ1) is 13.6. The molecule has 3 aromatic rings. The van der Waals surface area contributed by atoms with E-state index in [1.165, 1.54) is 0 Å². The molecule has 1 aromatic carbocycles. The van der Waals surface area contributed by atoms with Gasteiger partial charge in [0.25, 0.3) is 0 Å². The van der Waals surface area contributed by atoms with Gasteiger partial charge in [-0.25, -0.2) is 4.21 Å². The molecule has 1 aliphatic heterocycles. The average molecular weight is 405 g/mol. The molecule has 2 aromatic heterocycles. The van der Waals surface area contributed by atoms with Crippen molar-refractivity contribution in [3.8, 4) is 5.75 Å². The Labute approximate surface area is 165 Å². The molecule has 10 heteroatoms. The summed E-state index contributed by atoms with van der Waals surface area (Å²) in [5, 5.41) is 8.94. The minimum atomic E-state index is -1.35. The van der Waals surface area contributed by atoms with Crippen LogP contribution in [-0.2, 0) is 22.3 Å². The number of fused-ring (bicyclic) bond motifs is 1. The monoisotopic (exact) mass is 405 g/mol. The predicted molar refractivity (Wildman–Crippen MR) is 106 cm³/mol. The third-order valence-electron chi connectivity index (χ3n) is 4.61. The van der Waals surface area contributed by atoms with Gasteiger partial charge in [-0.2, -0.15) is 5.10 Å². The molecule has 1 N–H and O–H groups in total. The van der Waals surface area contributed by atoms with Gasteiger partial charge in [-0.1, -0.05) is 5.16 Å². The second-order valence-electron chi connectivity index (χ2n) is 6.78. The fourth-order valence-corrected chi connectivity index (χ4v) is 4.26. The summed E-state index contributed by atoms with van der Waals surface area (Å²) in [4.78, 5) is 2.17. The van der Waals surface area contributed by atoms with Gasteiger partial charge in [-0.05, 0) is 30.8 Å². The molecule has 0 radical (unpaired) electrons. The van der Waals surface area contributed by atoms with Crippen LogP contribution in [0.25, 0.3) is 11.0 Å². The number of nitrogens with one attached hydrogen (secondary N) is 1. The fraction of sp³-hybridized carbons (Fsp3) is 0.444. The van der Waals surface area contributed by atoms with Crippen LogP contribution in [0.1, 0.15) is 5.56 Å². The third kappa shape index (κ3) is 4.18. The number of hydrogen-bond donors (Lipinski definition) is 1. The van der Waals surface area contributed by atoms with Crippen LogP contribution in [0.4, 0.5) is 5.82 Å². The molecule has 4 rings (SSSR count). The fourth-order valence-electron chi connectivity index (χ4n) is 3.28. The molecule has 0 amide bonds. The molecule has 0 saturated carbocycles. The summed E-state index contributed by atoms with van der Waals surface area (Å²) in [6.07, 6.45) is 3.54. The molecule has 0 bridgehead atoms. The van der Waals surface area contributed by atoms with E-state index in [9.17, 15) is 4.21 Å². The first-order valence-electron chi connectivity index (χ1n) is 9.01. The number of aromatic nitrogens is 3. The largest absolute Gasteiger partial charge is 0.496 e. The molecule has 1 aliphatic rings. The van der Waals surface area contributed by atoms with E-state index in [-0.39, 0.29) is 6.10 Å². The summed E-state index contributed by atoms with van der Waals surface area (Å²) < 4.78 is 34.0. The van der Waals surface area contributed by atoms with Crippen LogP contribution in [0.2, 0.25) is 0 Å². The zero-order valence-electron chi connectivity index (χ0n) is 15.8. The molecule has 9 nitrogen and oxygen atoms in total. The van der Waals surface area contributed by atoms with Crippen molar-refractivity contribution in [2.24, 2.45) is 0 Å². The highest BCUT2D eigenvalue weighted by atomic mass is 32.2. The lowest BCUT2D eigenvalue weighted by Gasteiger charge is -2.29. The predicted octanol–water partition coefficient (Wildman–Crippen LogP) is 1.49. The van der Waals surface area contributed by atoms with Crippen molar-refractivity contribution in [1.29, 1.82) is 0 Å². The van der Waals surface area contributed by atoms with Gasteiger partial charge in [0.05, 0.1) is 32.1 Å². The lowest BCUT2D eigenvalue weighted by Crippen LogP contribution is -2.43. The van der Waals surface area contributed by atoms with Crippen LogP contribution < -0.4 is 9.46 Å². The van der Waals surface area contributed by atoms with Gasteiger partial charge in [0.15, 0.2) is 11.4 Å². The maximum Gasteiger partial charge on any atom is 0.192 e. The summed E-state index contributed by atoms with van der Waals surface area (Å²) in [6, 6.07) is 5.67. The quantitative estimate of drug-likeness (QED) is 0.636. The number of nitrogens with zero attached hydrogens (tertiary/aromatic N) is 4. The first-order valence-corrected chi connectivity index (χ1v) is 10.3. The Kier molecular flexibility index (Phi) is 5.60. The molecule has 1 fully saturated rings. The van der Waals surface area contributed by atoms with E-state index in [0.717, 1.165) is 18.7 Å². The number of hydrogen-bond acceptors (Lipinski definition) is 7. The van der Waals surface area contributed by atoms with Crippen LogP contribution in [0.5, 0.6) is 5.75 Å². The van der Waals surface area contributed by atoms with E-state index in [4.69, 9.17) is 14.0 Å². The highest BCUT2D eigenvalue weighted by Gasteiger charge is 2.22. The van der Waals surface area contributed by atoms with Crippen molar-refractivity contribution in [3.05, 3.63) is 36.2 Å². The van der Waals surface area contributed by atoms with E-state index < -0.39 is 11.0 Å². The highest BCUT2D eigenvalue weighted by molar-refractivity contribution is 7.86. The van der Waals surface area contributed by atoms with Gasteiger partial charge < -0.3 is 18.9 Å². The van der Waals surface area contributed by atoms with Gasteiger partial charge in [0.2, 0.25) is 0 Å².